The summed E-state index contributed by atoms with van der Waals surface area (Å²) in [7, 11) is 1.62. The van der Waals surface area contributed by atoms with Crippen molar-refractivity contribution in [1.29, 1.82) is 0 Å². The molecule has 1 saturated carbocycles. The molecule has 1 atom stereocenters. The molecule has 2 rings (SSSR count). The van der Waals surface area contributed by atoms with Crippen LogP contribution < -0.4 is 4.74 Å². The Kier molecular flexibility index (Phi) is 3.72. The molecule has 1 aliphatic carbocycles. The molecule has 0 saturated heterocycles. The number of aryl methyl sites for hydroxylation is 1. The van der Waals surface area contributed by atoms with E-state index in [1.54, 1.807) is 7.11 Å². The molecule has 3 heteroatoms. The molecule has 0 aliphatic heterocycles. The third-order valence-electron chi connectivity index (χ3n) is 3.11. The lowest BCUT2D eigenvalue weighted by atomic mass is 10.0. The number of aliphatic hydroxyl groups excluding tert-OH is 1. The van der Waals surface area contributed by atoms with Crippen molar-refractivity contribution in [1.82, 2.24) is 0 Å². The van der Waals surface area contributed by atoms with E-state index in [9.17, 15) is 5.11 Å². The van der Waals surface area contributed by atoms with E-state index < -0.39 is 0 Å². The Balaban J connectivity index is 1.93. The number of hydrogen-bond donors (Lipinski definition) is 1. The van der Waals surface area contributed by atoms with Gasteiger partial charge in [0.25, 0.3) is 0 Å². The van der Waals surface area contributed by atoms with Gasteiger partial charge in [-0.2, -0.15) is 0 Å². The minimum atomic E-state index is -0.137. The number of benzene rings is 1. The highest BCUT2D eigenvalue weighted by atomic mass is 35.5. The van der Waals surface area contributed by atoms with Crippen molar-refractivity contribution < 1.29 is 9.84 Å². The smallest absolute Gasteiger partial charge is 0.137 e. The summed E-state index contributed by atoms with van der Waals surface area (Å²) in [6.07, 6.45) is 3.94. The van der Waals surface area contributed by atoms with Crippen molar-refractivity contribution >= 4 is 11.6 Å². The lowest BCUT2D eigenvalue weighted by Crippen LogP contribution is -2.10. The zero-order chi connectivity index (χ0) is 11.5. The molecule has 1 fully saturated rings. The van der Waals surface area contributed by atoms with Gasteiger partial charge in [-0.05, 0) is 49.3 Å². The minimum Gasteiger partial charge on any atom is -0.495 e. The molecule has 0 bridgehead atoms. The van der Waals surface area contributed by atoms with Crippen LogP contribution in [0.1, 0.15) is 24.8 Å². The van der Waals surface area contributed by atoms with E-state index in [4.69, 9.17) is 16.3 Å². The van der Waals surface area contributed by atoms with Gasteiger partial charge < -0.3 is 9.84 Å². The summed E-state index contributed by atoms with van der Waals surface area (Å²) in [6, 6.07) is 5.78. The fourth-order valence-electron chi connectivity index (χ4n) is 1.89. The molecule has 2 nitrogen and oxygen atoms in total. The van der Waals surface area contributed by atoms with Crippen LogP contribution in [0.25, 0.3) is 0 Å². The van der Waals surface area contributed by atoms with E-state index >= 15 is 0 Å². The van der Waals surface area contributed by atoms with Crippen molar-refractivity contribution in [2.24, 2.45) is 5.92 Å². The Morgan fingerprint density at radius 3 is 2.88 bits per heavy atom. The van der Waals surface area contributed by atoms with E-state index in [-0.39, 0.29) is 6.10 Å². The van der Waals surface area contributed by atoms with Gasteiger partial charge >= 0.3 is 0 Å². The first kappa shape index (κ1) is 11.7. The van der Waals surface area contributed by atoms with Crippen LogP contribution in [0, 0.1) is 5.92 Å². The molecule has 0 aromatic heterocycles. The largest absolute Gasteiger partial charge is 0.495 e. The Morgan fingerprint density at radius 1 is 1.50 bits per heavy atom. The van der Waals surface area contributed by atoms with Gasteiger partial charge in [0.2, 0.25) is 0 Å². The van der Waals surface area contributed by atoms with Gasteiger partial charge in [0.15, 0.2) is 0 Å². The van der Waals surface area contributed by atoms with E-state index in [2.05, 4.69) is 0 Å². The molecule has 1 N–H and O–H groups in total. The summed E-state index contributed by atoms with van der Waals surface area (Å²) in [4.78, 5) is 0. The molecule has 0 radical (unpaired) electrons. The lowest BCUT2D eigenvalue weighted by molar-refractivity contribution is 0.142. The Morgan fingerprint density at radius 2 is 2.25 bits per heavy atom. The van der Waals surface area contributed by atoms with Crippen LogP contribution >= 0.6 is 11.6 Å². The van der Waals surface area contributed by atoms with Crippen LogP contribution in [-0.4, -0.2) is 18.3 Å². The third kappa shape index (κ3) is 2.89. The zero-order valence-corrected chi connectivity index (χ0v) is 10.2. The molecule has 1 unspecified atom stereocenters. The molecule has 0 heterocycles. The second-order valence-electron chi connectivity index (χ2n) is 4.41. The number of aliphatic hydroxyl groups is 1. The Bertz CT molecular complexity index is 361. The first-order valence-electron chi connectivity index (χ1n) is 5.71. The average Bonchev–Trinajstić information content (AvgIpc) is 3.11. The highest BCUT2D eigenvalue weighted by Gasteiger charge is 2.29. The van der Waals surface area contributed by atoms with E-state index in [1.165, 1.54) is 18.4 Å². The highest BCUT2D eigenvalue weighted by molar-refractivity contribution is 6.32. The molecule has 88 valence electrons. The molecule has 1 aromatic rings. The Hall–Kier alpha value is -0.730. The maximum Gasteiger partial charge on any atom is 0.137 e. The summed E-state index contributed by atoms with van der Waals surface area (Å²) < 4.78 is 5.16. The second kappa shape index (κ2) is 5.07. The molecule has 0 spiro atoms. The van der Waals surface area contributed by atoms with Crippen LogP contribution in [0.3, 0.4) is 0 Å². The molecule has 0 amide bonds. The predicted molar refractivity (Wildman–Crippen MR) is 65.1 cm³/mol. The zero-order valence-electron chi connectivity index (χ0n) is 9.45. The van der Waals surface area contributed by atoms with E-state index in [0.29, 0.717) is 16.7 Å². The maximum atomic E-state index is 9.77. The minimum absolute atomic E-state index is 0.137. The summed E-state index contributed by atoms with van der Waals surface area (Å²) >= 11 is 5.95. The number of hydrogen-bond acceptors (Lipinski definition) is 2. The molecule has 16 heavy (non-hydrogen) atoms. The SMILES string of the molecule is COc1cc(CCC(O)C2CC2)ccc1Cl. The normalized spacial score (nSPS) is 17.2. The van der Waals surface area contributed by atoms with Gasteiger partial charge in [-0.3, -0.25) is 0 Å². The van der Waals surface area contributed by atoms with Crippen LogP contribution in [0.15, 0.2) is 18.2 Å². The fraction of sp³-hybridized carbons (Fsp3) is 0.538. The fourth-order valence-corrected chi connectivity index (χ4v) is 2.09. The number of halogens is 1. The lowest BCUT2D eigenvalue weighted by Gasteiger charge is -2.10. The number of methoxy groups -OCH3 is 1. The standard InChI is InChI=1S/C13H17ClO2/c1-16-13-8-9(2-6-11(13)14)3-7-12(15)10-4-5-10/h2,6,8,10,12,15H,3-5,7H2,1H3. The molecule has 1 aromatic carbocycles. The summed E-state index contributed by atoms with van der Waals surface area (Å²) in [5.74, 6) is 1.26. The van der Waals surface area contributed by atoms with Gasteiger partial charge in [0.05, 0.1) is 18.2 Å². The van der Waals surface area contributed by atoms with Gasteiger partial charge in [0, 0.05) is 0 Å². The summed E-state index contributed by atoms with van der Waals surface area (Å²) in [5, 5.41) is 10.4. The molecular weight excluding hydrogens is 224 g/mol. The van der Waals surface area contributed by atoms with Crippen LogP contribution in [-0.2, 0) is 6.42 Å². The van der Waals surface area contributed by atoms with Crippen molar-refractivity contribution in [3.05, 3.63) is 28.8 Å². The Labute approximate surface area is 101 Å². The van der Waals surface area contributed by atoms with Crippen molar-refractivity contribution in [3.63, 3.8) is 0 Å². The van der Waals surface area contributed by atoms with Crippen LogP contribution in [0.2, 0.25) is 5.02 Å². The van der Waals surface area contributed by atoms with Crippen molar-refractivity contribution in [2.45, 2.75) is 31.8 Å². The summed E-state index contributed by atoms with van der Waals surface area (Å²) in [5.41, 5.74) is 1.17. The highest BCUT2D eigenvalue weighted by Crippen LogP contribution is 2.34. The van der Waals surface area contributed by atoms with Crippen LogP contribution in [0.5, 0.6) is 5.75 Å². The van der Waals surface area contributed by atoms with E-state index in [0.717, 1.165) is 12.8 Å². The average molecular weight is 241 g/mol. The second-order valence-corrected chi connectivity index (χ2v) is 4.82. The summed E-state index contributed by atoms with van der Waals surface area (Å²) in [6.45, 7) is 0. The van der Waals surface area contributed by atoms with Gasteiger partial charge in [0.1, 0.15) is 5.75 Å². The topological polar surface area (TPSA) is 29.5 Å². The van der Waals surface area contributed by atoms with E-state index in [1.807, 2.05) is 18.2 Å². The maximum absolute atomic E-state index is 9.77. The first-order chi connectivity index (χ1) is 7.70. The quantitative estimate of drug-likeness (QED) is 0.857. The first-order valence-corrected chi connectivity index (χ1v) is 6.09. The van der Waals surface area contributed by atoms with Gasteiger partial charge in [-0.25, -0.2) is 0 Å². The van der Waals surface area contributed by atoms with Gasteiger partial charge in [-0.15, -0.1) is 0 Å². The van der Waals surface area contributed by atoms with Crippen molar-refractivity contribution in [2.75, 3.05) is 7.11 Å². The van der Waals surface area contributed by atoms with Crippen LogP contribution in [0.4, 0.5) is 0 Å². The molecule has 1 aliphatic rings. The molecular formula is C13H17ClO2. The number of rotatable bonds is 5. The third-order valence-corrected chi connectivity index (χ3v) is 3.42. The monoisotopic (exact) mass is 240 g/mol. The van der Waals surface area contributed by atoms with Gasteiger partial charge in [-0.1, -0.05) is 17.7 Å². The number of ether oxygens (including phenoxy) is 1. The predicted octanol–water partition coefficient (Wildman–Crippen LogP) is 3.05. The van der Waals surface area contributed by atoms with Crippen molar-refractivity contribution in [3.8, 4) is 5.75 Å².